The summed E-state index contributed by atoms with van der Waals surface area (Å²) >= 11 is 0. The maximum absolute atomic E-state index is 11.3. The molecule has 4 saturated carbocycles. The van der Waals surface area contributed by atoms with Crippen LogP contribution in [0.15, 0.2) is 0 Å². The molecule has 4 nitrogen and oxygen atoms in total. The second kappa shape index (κ2) is 7.27. The molecule has 4 rings (SSSR count). The van der Waals surface area contributed by atoms with Crippen LogP contribution in [0, 0.1) is 46.3 Å². The summed E-state index contributed by atoms with van der Waals surface area (Å²) < 4.78 is 34.0. The summed E-state index contributed by atoms with van der Waals surface area (Å²) in [5.74, 6) is -0.291. The fourth-order valence-corrected chi connectivity index (χ4v) is 8.03. The lowest BCUT2D eigenvalue weighted by atomic mass is 9.43. The Labute approximate surface area is 175 Å². The van der Waals surface area contributed by atoms with Gasteiger partial charge >= 0.3 is 5.97 Å². The van der Waals surface area contributed by atoms with Gasteiger partial charge < -0.3 is 15.3 Å². The van der Waals surface area contributed by atoms with Gasteiger partial charge in [0.15, 0.2) is 0 Å². The average Bonchev–Trinajstić information content (AvgIpc) is 3.03. The van der Waals surface area contributed by atoms with Crippen LogP contribution in [0.5, 0.6) is 0 Å². The van der Waals surface area contributed by atoms with E-state index >= 15 is 0 Å². The Kier molecular flexibility index (Phi) is 4.19. The maximum atomic E-state index is 11.3. The van der Waals surface area contributed by atoms with Gasteiger partial charge in [0.2, 0.25) is 0 Å². The molecule has 8 unspecified atom stereocenters. The lowest BCUT2D eigenvalue weighted by Crippen LogP contribution is -2.58. The van der Waals surface area contributed by atoms with Crippen molar-refractivity contribution in [3.05, 3.63) is 0 Å². The van der Waals surface area contributed by atoms with Gasteiger partial charge in [-0.05, 0) is 104 Å². The van der Waals surface area contributed by atoms with Crippen molar-refractivity contribution in [2.75, 3.05) is 0 Å². The van der Waals surface area contributed by atoms with E-state index in [4.69, 9.17) is 10.6 Å². The van der Waals surface area contributed by atoms with Crippen molar-refractivity contribution >= 4 is 5.97 Å². The molecule has 4 aliphatic rings. The number of hydrogen-bond donors (Lipinski definition) is 3. The fraction of sp³-hybridized carbons (Fsp3) is 0.958. The predicted octanol–water partition coefficient (Wildman–Crippen LogP) is 4.48. The van der Waals surface area contributed by atoms with E-state index in [0.717, 1.165) is 25.7 Å². The molecule has 0 spiro atoms. The molecule has 4 aliphatic carbocycles. The van der Waals surface area contributed by atoms with Gasteiger partial charge in [-0.2, -0.15) is 0 Å². The first-order valence-corrected chi connectivity index (χ1v) is 11.2. The average molecular weight is 397 g/mol. The van der Waals surface area contributed by atoms with Crippen LogP contribution < -0.4 is 0 Å². The molecule has 10 atom stereocenters. The Morgan fingerprint density at radius 1 is 1.14 bits per heavy atom. The molecular weight excluding hydrogens is 352 g/mol. The van der Waals surface area contributed by atoms with Gasteiger partial charge in [0.05, 0.1) is 12.2 Å². The molecule has 0 aromatic rings. The molecule has 4 fully saturated rings. The highest BCUT2D eigenvalue weighted by Crippen LogP contribution is 2.68. The smallest absolute Gasteiger partial charge is 0.303 e. The number of fused-ring (bicyclic) bond motifs is 5. The van der Waals surface area contributed by atoms with Gasteiger partial charge in [-0.25, -0.2) is 0 Å². The van der Waals surface area contributed by atoms with E-state index in [1.807, 2.05) is 6.92 Å². The molecule has 0 amide bonds. The van der Waals surface area contributed by atoms with E-state index in [-0.39, 0.29) is 42.4 Å². The molecule has 0 heterocycles. The summed E-state index contributed by atoms with van der Waals surface area (Å²) in [6.07, 6.45) is -1.38. The second-order valence-electron chi connectivity index (χ2n) is 10.7. The second-order valence-corrected chi connectivity index (χ2v) is 10.7. The zero-order valence-electron chi connectivity index (χ0n) is 21.5. The third-order valence-corrected chi connectivity index (χ3v) is 9.51. The van der Waals surface area contributed by atoms with Crippen LogP contribution in [0.3, 0.4) is 0 Å². The summed E-state index contributed by atoms with van der Waals surface area (Å²) in [5, 5.41) is 31.0. The first kappa shape index (κ1) is 16.1. The first-order valence-electron chi connectivity index (χ1n) is 13.2. The number of aliphatic carboxylic acids is 1. The highest BCUT2D eigenvalue weighted by molar-refractivity contribution is 5.66. The van der Waals surface area contributed by atoms with Gasteiger partial charge in [0.25, 0.3) is 0 Å². The number of carboxylic acid groups (broad SMARTS) is 1. The Morgan fingerprint density at radius 3 is 2.57 bits per heavy atom. The summed E-state index contributed by atoms with van der Waals surface area (Å²) in [6, 6.07) is 0. The van der Waals surface area contributed by atoms with Crippen molar-refractivity contribution in [3.8, 4) is 0 Å². The predicted molar refractivity (Wildman–Crippen MR) is 109 cm³/mol. The molecule has 0 aromatic carbocycles. The van der Waals surface area contributed by atoms with Crippen molar-refractivity contribution in [3.63, 3.8) is 0 Å². The minimum Gasteiger partial charge on any atom is -0.481 e. The third-order valence-electron chi connectivity index (χ3n) is 9.51. The van der Waals surface area contributed by atoms with Crippen LogP contribution in [0.4, 0.5) is 0 Å². The molecular formula is C24H40O4. The molecule has 0 aliphatic heterocycles. The van der Waals surface area contributed by atoms with Crippen LogP contribution in [0.2, 0.25) is 0 Å². The van der Waals surface area contributed by atoms with Gasteiger partial charge in [0.1, 0.15) is 0 Å². The summed E-state index contributed by atoms with van der Waals surface area (Å²) in [4.78, 5) is 11.1. The van der Waals surface area contributed by atoms with Crippen molar-refractivity contribution in [1.29, 1.82) is 0 Å². The summed E-state index contributed by atoms with van der Waals surface area (Å²) in [6.45, 7) is 6.48. The Bertz CT molecular complexity index is 760. The van der Waals surface area contributed by atoms with E-state index in [9.17, 15) is 15.0 Å². The zero-order valence-corrected chi connectivity index (χ0v) is 17.5. The molecule has 0 bridgehead atoms. The number of rotatable bonds is 4. The van der Waals surface area contributed by atoms with Crippen molar-refractivity contribution in [2.24, 2.45) is 46.3 Å². The van der Waals surface area contributed by atoms with Gasteiger partial charge in [-0.1, -0.05) is 20.8 Å². The molecule has 4 heteroatoms. The highest BCUT2D eigenvalue weighted by Gasteiger charge is 2.62. The number of aliphatic hydroxyl groups excluding tert-OH is 2. The van der Waals surface area contributed by atoms with E-state index in [0.29, 0.717) is 18.3 Å². The minimum absolute atomic E-state index is 0.00789. The number of hydrogen-bond acceptors (Lipinski definition) is 3. The van der Waals surface area contributed by atoms with Gasteiger partial charge in [0, 0.05) is 11.9 Å². The van der Waals surface area contributed by atoms with Crippen LogP contribution in [-0.4, -0.2) is 33.5 Å². The lowest BCUT2D eigenvalue weighted by Gasteiger charge is -2.62. The summed E-state index contributed by atoms with van der Waals surface area (Å²) in [7, 11) is 0. The first-order chi connectivity index (χ1) is 14.7. The van der Waals surface area contributed by atoms with Crippen molar-refractivity contribution in [1.82, 2.24) is 0 Å². The third kappa shape index (κ3) is 3.14. The van der Waals surface area contributed by atoms with Crippen molar-refractivity contribution in [2.45, 2.75) is 97.1 Å². The largest absolute Gasteiger partial charge is 0.481 e. The molecule has 0 radical (unpaired) electrons. The van der Waals surface area contributed by atoms with Crippen LogP contribution >= 0.6 is 0 Å². The van der Waals surface area contributed by atoms with E-state index in [1.54, 1.807) is 0 Å². The van der Waals surface area contributed by atoms with Crippen LogP contribution in [0.25, 0.3) is 0 Å². The number of carbonyl (C=O) groups is 1. The standard InChI is InChI=1S/C24H40O4/c1-14(4-7-21(27)28)17-5-6-18-22-19(9-11-24(17,18)3)23(2)10-8-16(25)12-15(23)13-20(22)26/h14-20,22,25-26H,4-13H2,1-3H3,(H,27,28)/t14?,15?,16?,17?,18?,19?,20?,22?,23-,24+/m0/s1/i8D2,12D2. The summed E-state index contributed by atoms with van der Waals surface area (Å²) in [5.41, 5.74) is -0.583. The van der Waals surface area contributed by atoms with Gasteiger partial charge in [-0.15, -0.1) is 0 Å². The SMILES string of the molecule is [2H]C1([2H])C[C@]2(C)C3CC[C@]4(C)C(C(C)CCC(=O)O)CCC4C3C(O)CC2C([2H])([2H])C1O. The molecule has 28 heavy (non-hydrogen) atoms. The minimum atomic E-state index is -2.08. The van der Waals surface area contributed by atoms with E-state index in [2.05, 4.69) is 13.8 Å². The molecule has 3 N–H and O–H groups in total. The Balaban J connectivity index is 1.64. The number of carboxylic acids is 1. The normalized spacial score (nSPS) is 57.4. The number of aliphatic hydroxyl groups is 2. The highest BCUT2D eigenvalue weighted by atomic mass is 16.4. The molecule has 0 aromatic heterocycles. The zero-order chi connectivity index (χ0) is 23.9. The molecule has 0 saturated heterocycles. The lowest BCUT2D eigenvalue weighted by molar-refractivity contribution is -0.174. The fourth-order valence-electron chi connectivity index (χ4n) is 8.03. The van der Waals surface area contributed by atoms with Crippen LogP contribution in [0.1, 0.15) is 90.4 Å². The molecule has 160 valence electrons. The Hall–Kier alpha value is -0.610. The van der Waals surface area contributed by atoms with Crippen LogP contribution in [-0.2, 0) is 4.79 Å². The van der Waals surface area contributed by atoms with Gasteiger partial charge in [-0.3, -0.25) is 4.79 Å². The topological polar surface area (TPSA) is 77.8 Å². The Morgan fingerprint density at radius 2 is 1.86 bits per heavy atom. The quantitative estimate of drug-likeness (QED) is 0.655. The van der Waals surface area contributed by atoms with E-state index < -0.39 is 42.3 Å². The monoisotopic (exact) mass is 396 g/mol. The maximum Gasteiger partial charge on any atom is 0.303 e. The van der Waals surface area contributed by atoms with Crippen molar-refractivity contribution < 1.29 is 25.6 Å². The van der Waals surface area contributed by atoms with E-state index in [1.165, 1.54) is 0 Å².